The fourth-order valence-corrected chi connectivity index (χ4v) is 7.00. The molecule has 0 saturated carbocycles. The number of amides is 3. The zero-order valence-corrected chi connectivity index (χ0v) is 31.3. The average molecular weight is 720 g/mol. The van der Waals surface area contributed by atoms with Crippen LogP contribution in [-0.2, 0) is 44.5 Å². The molecule has 3 amide bonds. The predicted octanol–water partition coefficient (Wildman–Crippen LogP) is 4.58. The minimum atomic E-state index is -1.26. The first-order chi connectivity index (χ1) is 23.5. The highest BCUT2D eigenvalue weighted by molar-refractivity contribution is 6.35. The number of allylic oxidation sites excluding steroid dienone is 3. The number of rotatable bonds is 7. The molecule has 3 heterocycles. The van der Waals surface area contributed by atoms with Crippen molar-refractivity contribution in [2.75, 3.05) is 39.8 Å². The Morgan fingerprint density at radius 3 is 2.56 bits per heavy atom. The molecule has 8 unspecified atom stereocenters. The van der Waals surface area contributed by atoms with Gasteiger partial charge in [-0.2, -0.15) is 0 Å². The average Bonchev–Trinajstić information content (AvgIpc) is 3.76. The molecule has 0 aliphatic carbocycles. The molecule has 8 atom stereocenters. The zero-order chi connectivity index (χ0) is 37.1. The van der Waals surface area contributed by atoms with E-state index in [4.69, 9.17) is 40.0 Å². The first-order valence-electron chi connectivity index (χ1n) is 16.8. The molecule has 14 heteroatoms. The van der Waals surface area contributed by atoms with Crippen molar-refractivity contribution in [1.82, 2.24) is 10.2 Å². The number of esters is 1. The van der Waals surface area contributed by atoms with Crippen LogP contribution >= 0.6 is 11.6 Å². The first-order valence-corrected chi connectivity index (χ1v) is 17.1. The molecule has 3 aliphatic heterocycles. The van der Waals surface area contributed by atoms with Crippen molar-refractivity contribution < 1.29 is 47.6 Å². The zero-order valence-electron chi connectivity index (χ0n) is 30.5. The van der Waals surface area contributed by atoms with Crippen LogP contribution in [0.15, 0.2) is 35.9 Å². The monoisotopic (exact) mass is 719 g/mol. The normalized spacial score (nSPS) is 30.7. The second-order valence-electron chi connectivity index (χ2n) is 13.4. The highest BCUT2D eigenvalue weighted by Gasteiger charge is 2.64. The van der Waals surface area contributed by atoms with Gasteiger partial charge < -0.3 is 38.2 Å². The van der Waals surface area contributed by atoms with Crippen LogP contribution in [0.2, 0.25) is 5.02 Å². The molecule has 4 bridgehead atoms. The number of likely N-dealkylation sites (N-methyl/N-ethyl adjacent to an activating group) is 1. The Morgan fingerprint density at radius 1 is 1.24 bits per heavy atom. The number of halogens is 1. The van der Waals surface area contributed by atoms with E-state index in [0.717, 1.165) is 11.1 Å². The summed E-state index contributed by atoms with van der Waals surface area (Å²) < 4.78 is 35.8. The number of methoxy groups -OCH3 is 2. The smallest absolute Gasteiger partial charge is 0.409 e. The van der Waals surface area contributed by atoms with Gasteiger partial charge >= 0.3 is 12.1 Å². The Kier molecular flexibility index (Phi) is 12.3. The van der Waals surface area contributed by atoms with Crippen molar-refractivity contribution in [2.45, 2.75) is 103 Å². The van der Waals surface area contributed by atoms with Gasteiger partial charge in [-0.3, -0.25) is 14.9 Å². The van der Waals surface area contributed by atoms with Gasteiger partial charge in [0.05, 0.1) is 25.3 Å². The summed E-state index contributed by atoms with van der Waals surface area (Å²) in [5.74, 6) is -1.47. The maximum Gasteiger partial charge on any atom is 0.409 e. The third-order valence-electron chi connectivity index (χ3n) is 10.0. The van der Waals surface area contributed by atoms with Crippen LogP contribution in [0.1, 0.15) is 59.9 Å². The van der Waals surface area contributed by atoms with E-state index in [9.17, 15) is 19.2 Å². The largest absolute Gasteiger partial charge is 0.495 e. The van der Waals surface area contributed by atoms with E-state index in [1.54, 1.807) is 28.0 Å². The van der Waals surface area contributed by atoms with E-state index in [1.165, 1.54) is 30.9 Å². The summed E-state index contributed by atoms with van der Waals surface area (Å²) in [6.07, 6.45) is 2.32. The number of hydrogen-bond acceptors (Lipinski definition) is 10. The lowest BCUT2D eigenvalue weighted by Crippen LogP contribution is -2.65. The van der Waals surface area contributed by atoms with Crippen molar-refractivity contribution in [2.24, 2.45) is 5.92 Å². The Labute approximate surface area is 299 Å². The molecule has 50 heavy (non-hydrogen) atoms. The summed E-state index contributed by atoms with van der Waals surface area (Å²) in [4.78, 5) is 55.3. The lowest BCUT2D eigenvalue weighted by atomic mass is 9.83. The molecule has 2 saturated heterocycles. The highest BCUT2D eigenvalue weighted by atomic mass is 35.5. The molecule has 0 radical (unpaired) electrons. The van der Waals surface area contributed by atoms with Gasteiger partial charge in [0.2, 0.25) is 11.8 Å². The van der Waals surface area contributed by atoms with Gasteiger partial charge in [-0.1, -0.05) is 42.3 Å². The summed E-state index contributed by atoms with van der Waals surface area (Å²) >= 11 is 6.75. The van der Waals surface area contributed by atoms with Gasteiger partial charge in [0.1, 0.15) is 40.7 Å². The fourth-order valence-electron chi connectivity index (χ4n) is 6.69. The highest BCUT2D eigenvalue weighted by Crippen LogP contribution is 2.49. The number of carbonyl (C=O) groups excluding carboxylic acids is 4. The van der Waals surface area contributed by atoms with Crippen LogP contribution in [0.25, 0.3) is 0 Å². The van der Waals surface area contributed by atoms with Crippen LogP contribution in [0.4, 0.5) is 10.5 Å². The fraction of sp³-hybridized carbons (Fsp3) is 0.611. The van der Waals surface area contributed by atoms with Gasteiger partial charge in [-0.25, -0.2) is 9.59 Å². The van der Waals surface area contributed by atoms with Crippen LogP contribution < -0.4 is 15.0 Å². The molecule has 13 nitrogen and oxygen atoms in total. The molecule has 4 rings (SSSR count). The molecule has 1 aromatic carbocycles. The Hall–Kier alpha value is -3.65. The lowest BCUT2D eigenvalue weighted by molar-refractivity contribution is -0.173. The van der Waals surface area contributed by atoms with Gasteiger partial charge in [0.15, 0.2) is 5.72 Å². The summed E-state index contributed by atoms with van der Waals surface area (Å²) in [6.45, 7) is 10.6. The van der Waals surface area contributed by atoms with Crippen LogP contribution in [-0.4, -0.2) is 105 Å². The van der Waals surface area contributed by atoms with E-state index in [1.807, 2.05) is 51.1 Å². The summed E-state index contributed by atoms with van der Waals surface area (Å²) in [7, 11) is 6.13. The maximum absolute atomic E-state index is 14.1. The second-order valence-corrected chi connectivity index (χ2v) is 13.8. The summed E-state index contributed by atoms with van der Waals surface area (Å²) in [5, 5.41) is 3.11. The maximum atomic E-state index is 14.1. The number of anilines is 1. The van der Waals surface area contributed by atoms with E-state index in [-0.39, 0.29) is 30.4 Å². The SMILES string of the molecule is CCOC12CC(OC(=O)N1)C(C)C1OC1(C)C(OC(=O)C(C)N(C)C(C)=O)CC(=O)N(C)c1cc(cc(OC)c1Cl)CC(C)=CC=CC2OC. The van der Waals surface area contributed by atoms with E-state index >= 15 is 0 Å². The van der Waals surface area contributed by atoms with Crippen molar-refractivity contribution in [1.29, 1.82) is 0 Å². The van der Waals surface area contributed by atoms with E-state index < -0.39 is 65.7 Å². The van der Waals surface area contributed by atoms with Crippen molar-refractivity contribution in [3.8, 4) is 5.75 Å². The topological polar surface area (TPSA) is 145 Å². The minimum absolute atomic E-state index is 0.214. The third kappa shape index (κ3) is 8.11. The summed E-state index contributed by atoms with van der Waals surface area (Å²) in [5.41, 5.74) is -0.184. The lowest BCUT2D eigenvalue weighted by Gasteiger charge is -2.45. The number of nitrogens with zero attached hydrogens (tertiary/aromatic N) is 2. The van der Waals surface area contributed by atoms with Gasteiger partial charge in [-0.05, 0) is 51.8 Å². The minimum Gasteiger partial charge on any atom is -0.495 e. The number of fused-ring (bicyclic) bond motifs is 5. The quantitative estimate of drug-likeness (QED) is 0.314. The van der Waals surface area contributed by atoms with Crippen LogP contribution in [0.5, 0.6) is 5.75 Å². The van der Waals surface area contributed by atoms with Gasteiger partial charge in [-0.15, -0.1) is 0 Å². The number of hydrogen-bond donors (Lipinski definition) is 1. The molecule has 1 N–H and O–H groups in total. The molecular weight excluding hydrogens is 670 g/mol. The summed E-state index contributed by atoms with van der Waals surface area (Å²) in [6, 6.07) is 2.70. The van der Waals surface area contributed by atoms with Gasteiger partial charge in [0, 0.05) is 47.1 Å². The Morgan fingerprint density at radius 2 is 1.94 bits per heavy atom. The van der Waals surface area contributed by atoms with Crippen LogP contribution in [0.3, 0.4) is 0 Å². The molecule has 2 fully saturated rings. The van der Waals surface area contributed by atoms with E-state index in [0.29, 0.717) is 17.9 Å². The third-order valence-corrected chi connectivity index (χ3v) is 10.4. The number of carbonyl (C=O) groups is 4. The number of epoxide rings is 1. The van der Waals surface area contributed by atoms with Gasteiger partial charge in [0.25, 0.3) is 0 Å². The Bertz CT molecular complexity index is 1530. The standard InChI is InChI=1S/C36H50ClN3O10/c1-11-47-36-19-27(48-34(44)38-36)21(3)32-35(6,50-32)29(49-33(43)22(4)39(7)23(5)41)18-30(42)40(8)25-16-24(17-26(45-9)31(25)37)15-20(2)13-12-14-28(36)46-10/h12-14,16-17,21-22,27-29,32H,11,15,18-19H2,1-10H3,(H,38,44). The number of benzene rings is 1. The molecule has 276 valence electrons. The molecule has 1 aromatic rings. The van der Waals surface area contributed by atoms with Crippen molar-refractivity contribution >= 4 is 41.2 Å². The van der Waals surface area contributed by atoms with Crippen LogP contribution in [0, 0.1) is 5.92 Å². The molecule has 3 aliphatic rings. The van der Waals surface area contributed by atoms with E-state index in [2.05, 4.69) is 5.32 Å². The predicted molar refractivity (Wildman–Crippen MR) is 186 cm³/mol. The first kappa shape index (κ1) is 39.1. The van der Waals surface area contributed by atoms with Crippen molar-refractivity contribution in [3.63, 3.8) is 0 Å². The Balaban J connectivity index is 1.83. The molecule has 0 aromatic heterocycles. The second kappa shape index (κ2) is 15.7. The molecule has 0 spiro atoms. The number of alkyl carbamates (subject to hydrolysis) is 1. The number of nitrogens with one attached hydrogen (secondary N) is 1. The number of ether oxygens (including phenoxy) is 6. The molecular formula is C36H50ClN3O10. The van der Waals surface area contributed by atoms with Crippen molar-refractivity contribution in [3.05, 3.63) is 46.5 Å².